The summed E-state index contributed by atoms with van der Waals surface area (Å²) in [7, 11) is 0. The third kappa shape index (κ3) is 2.44. The highest BCUT2D eigenvalue weighted by molar-refractivity contribution is 5.91. The number of carbonyl (C=O) groups is 1. The Balaban J connectivity index is 1.63. The highest BCUT2D eigenvalue weighted by Gasteiger charge is 2.51. The minimum absolute atomic E-state index is 0.0169. The molecule has 2 N–H and O–H groups in total. The van der Waals surface area contributed by atoms with Gasteiger partial charge in [0.1, 0.15) is 5.82 Å². The minimum atomic E-state index is -0.461. The molecule has 0 aromatic heterocycles. The van der Waals surface area contributed by atoms with Gasteiger partial charge in [0.15, 0.2) is 0 Å². The number of hydrogen-bond donors (Lipinski definition) is 2. The molecule has 108 valence electrons. The molecule has 0 radical (unpaired) electrons. The standard InChI is InChI=1S/C16H20FNO2/c17-13-6-4-12(5-7-13)16(8-9-16)15(20)18-10-11-2-1-3-14(11)19/h4-7,11,14,19H,1-3,8-10H2,(H,18,20)/t11-,14+/m0/s1. The third-order valence-electron chi connectivity index (χ3n) is 4.73. The predicted octanol–water partition coefficient (Wildman–Crippen LogP) is 2.13. The number of aliphatic hydroxyl groups is 1. The Labute approximate surface area is 118 Å². The molecule has 20 heavy (non-hydrogen) atoms. The van der Waals surface area contributed by atoms with Gasteiger partial charge in [-0.25, -0.2) is 4.39 Å². The van der Waals surface area contributed by atoms with E-state index in [9.17, 15) is 14.3 Å². The molecule has 2 atom stereocenters. The maximum absolute atomic E-state index is 13.0. The molecule has 0 unspecified atom stereocenters. The summed E-state index contributed by atoms with van der Waals surface area (Å²) in [4.78, 5) is 12.4. The summed E-state index contributed by atoms with van der Waals surface area (Å²) < 4.78 is 13.0. The first-order chi connectivity index (χ1) is 9.62. The first-order valence-corrected chi connectivity index (χ1v) is 7.34. The van der Waals surface area contributed by atoms with E-state index in [1.807, 2.05) is 0 Å². The number of rotatable bonds is 4. The van der Waals surface area contributed by atoms with E-state index in [1.165, 1.54) is 12.1 Å². The van der Waals surface area contributed by atoms with Crippen molar-refractivity contribution in [2.75, 3.05) is 6.54 Å². The molecular formula is C16H20FNO2. The van der Waals surface area contributed by atoms with Gasteiger partial charge in [0, 0.05) is 12.5 Å². The average Bonchev–Trinajstić information content (AvgIpc) is 3.15. The van der Waals surface area contributed by atoms with Crippen LogP contribution in [0.25, 0.3) is 0 Å². The number of aliphatic hydroxyl groups excluding tert-OH is 1. The van der Waals surface area contributed by atoms with E-state index in [0.29, 0.717) is 6.54 Å². The Morgan fingerprint density at radius 3 is 2.55 bits per heavy atom. The quantitative estimate of drug-likeness (QED) is 0.886. The number of hydrogen-bond acceptors (Lipinski definition) is 2. The van der Waals surface area contributed by atoms with Crippen LogP contribution >= 0.6 is 0 Å². The highest BCUT2D eigenvalue weighted by atomic mass is 19.1. The second-order valence-electron chi connectivity index (χ2n) is 6.06. The van der Waals surface area contributed by atoms with Gasteiger partial charge in [-0.05, 0) is 43.4 Å². The molecule has 1 aromatic rings. The summed E-state index contributed by atoms with van der Waals surface area (Å²) in [5, 5.41) is 12.8. The summed E-state index contributed by atoms with van der Waals surface area (Å²) in [6.07, 6.45) is 4.20. The molecule has 4 heteroatoms. The van der Waals surface area contributed by atoms with Crippen molar-refractivity contribution in [3.05, 3.63) is 35.6 Å². The van der Waals surface area contributed by atoms with Gasteiger partial charge in [0.25, 0.3) is 0 Å². The maximum Gasteiger partial charge on any atom is 0.230 e. The smallest absolute Gasteiger partial charge is 0.230 e. The molecule has 2 aliphatic carbocycles. The van der Waals surface area contributed by atoms with Gasteiger partial charge in [-0.2, -0.15) is 0 Å². The van der Waals surface area contributed by atoms with E-state index in [0.717, 1.165) is 37.7 Å². The van der Waals surface area contributed by atoms with Crippen LogP contribution in [0.15, 0.2) is 24.3 Å². The molecule has 3 rings (SSSR count). The molecule has 0 spiro atoms. The van der Waals surface area contributed by atoms with Crippen LogP contribution in [0.1, 0.15) is 37.7 Å². The Bertz CT molecular complexity index is 496. The van der Waals surface area contributed by atoms with Gasteiger partial charge < -0.3 is 10.4 Å². The number of halogens is 1. The van der Waals surface area contributed by atoms with Crippen molar-refractivity contribution in [2.24, 2.45) is 5.92 Å². The molecular weight excluding hydrogens is 257 g/mol. The van der Waals surface area contributed by atoms with E-state index < -0.39 is 5.41 Å². The van der Waals surface area contributed by atoms with Crippen molar-refractivity contribution in [3.8, 4) is 0 Å². The SMILES string of the molecule is O=C(NC[C@@H]1CCC[C@H]1O)C1(c2ccc(F)cc2)CC1. The Morgan fingerprint density at radius 1 is 1.30 bits per heavy atom. The van der Waals surface area contributed by atoms with Crippen molar-refractivity contribution < 1.29 is 14.3 Å². The topological polar surface area (TPSA) is 49.3 Å². The van der Waals surface area contributed by atoms with Crippen LogP contribution in [0, 0.1) is 11.7 Å². The highest BCUT2D eigenvalue weighted by Crippen LogP contribution is 2.48. The minimum Gasteiger partial charge on any atom is -0.393 e. The Hall–Kier alpha value is -1.42. The van der Waals surface area contributed by atoms with Crippen LogP contribution in [0.5, 0.6) is 0 Å². The monoisotopic (exact) mass is 277 g/mol. The zero-order valence-electron chi connectivity index (χ0n) is 11.4. The fourth-order valence-corrected chi connectivity index (χ4v) is 3.19. The summed E-state index contributed by atoms with van der Waals surface area (Å²) in [6, 6.07) is 6.21. The maximum atomic E-state index is 13.0. The Kier molecular flexibility index (Phi) is 3.50. The zero-order valence-corrected chi connectivity index (χ0v) is 11.4. The molecule has 2 fully saturated rings. The summed E-state index contributed by atoms with van der Waals surface area (Å²) in [5.74, 6) is -0.0785. The molecule has 0 bridgehead atoms. The second kappa shape index (κ2) is 5.17. The average molecular weight is 277 g/mol. The van der Waals surface area contributed by atoms with Gasteiger partial charge in [-0.3, -0.25) is 4.79 Å². The molecule has 3 nitrogen and oxygen atoms in total. The van der Waals surface area contributed by atoms with E-state index in [1.54, 1.807) is 12.1 Å². The first-order valence-electron chi connectivity index (χ1n) is 7.34. The molecule has 0 heterocycles. The van der Waals surface area contributed by atoms with Crippen LogP contribution < -0.4 is 5.32 Å². The van der Waals surface area contributed by atoms with Crippen LogP contribution in [0.4, 0.5) is 4.39 Å². The summed E-state index contributed by atoms with van der Waals surface area (Å²) in [6.45, 7) is 0.545. The lowest BCUT2D eigenvalue weighted by Crippen LogP contribution is -2.39. The number of amides is 1. The summed E-state index contributed by atoms with van der Waals surface area (Å²) in [5.41, 5.74) is 0.431. The predicted molar refractivity (Wildman–Crippen MR) is 73.7 cm³/mol. The molecule has 2 saturated carbocycles. The zero-order chi connectivity index (χ0) is 14.2. The van der Waals surface area contributed by atoms with Gasteiger partial charge in [-0.1, -0.05) is 18.6 Å². The fourth-order valence-electron chi connectivity index (χ4n) is 3.19. The van der Waals surface area contributed by atoms with Crippen molar-refractivity contribution in [2.45, 2.75) is 43.6 Å². The van der Waals surface area contributed by atoms with E-state index in [2.05, 4.69) is 5.32 Å². The number of carbonyl (C=O) groups excluding carboxylic acids is 1. The van der Waals surface area contributed by atoms with Gasteiger partial charge in [0.05, 0.1) is 11.5 Å². The van der Waals surface area contributed by atoms with Crippen molar-refractivity contribution in [3.63, 3.8) is 0 Å². The summed E-state index contributed by atoms with van der Waals surface area (Å²) >= 11 is 0. The van der Waals surface area contributed by atoms with Crippen LogP contribution in [-0.2, 0) is 10.2 Å². The Morgan fingerprint density at radius 2 is 2.00 bits per heavy atom. The molecule has 1 aromatic carbocycles. The van der Waals surface area contributed by atoms with E-state index in [4.69, 9.17) is 0 Å². The lowest BCUT2D eigenvalue weighted by Gasteiger charge is -2.19. The van der Waals surface area contributed by atoms with Gasteiger partial charge in [-0.15, -0.1) is 0 Å². The molecule has 0 aliphatic heterocycles. The molecule has 0 saturated heterocycles. The fraction of sp³-hybridized carbons (Fsp3) is 0.562. The second-order valence-corrected chi connectivity index (χ2v) is 6.06. The van der Waals surface area contributed by atoms with Crippen molar-refractivity contribution in [1.29, 1.82) is 0 Å². The van der Waals surface area contributed by atoms with Gasteiger partial charge >= 0.3 is 0 Å². The number of benzene rings is 1. The van der Waals surface area contributed by atoms with Crippen LogP contribution in [0.2, 0.25) is 0 Å². The van der Waals surface area contributed by atoms with Crippen LogP contribution in [0.3, 0.4) is 0 Å². The lowest BCUT2D eigenvalue weighted by atomic mass is 9.94. The van der Waals surface area contributed by atoms with Gasteiger partial charge in [0.2, 0.25) is 5.91 Å². The number of nitrogens with one attached hydrogen (secondary N) is 1. The van der Waals surface area contributed by atoms with Crippen molar-refractivity contribution in [1.82, 2.24) is 5.32 Å². The normalized spacial score (nSPS) is 27.3. The first kappa shape index (κ1) is 13.6. The third-order valence-corrected chi connectivity index (χ3v) is 4.73. The largest absolute Gasteiger partial charge is 0.393 e. The van der Waals surface area contributed by atoms with Crippen LogP contribution in [-0.4, -0.2) is 23.7 Å². The molecule has 2 aliphatic rings. The lowest BCUT2D eigenvalue weighted by molar-refractivity contribution is -0.123. The van der Waals surface area contributed by atoms with E-state index >= 15 is 0 Å². The molecule has 1 amide bonds. The van der Waals surface area contributed by atoms with Crippen molar-refractivity contribution >= 4 is 5.91 Å². The van der Waals surface area contributed by atoms with E-state index in [-0.39, 0.29) is 23.7 Å².